The van der Waals surface area contributed by atoms with E-state index in [0.29, 0.717) is 5.56 Å². The lowest BCUT2D eigenvalue weighted by Crippen LogP contribution is -2.18. The molecule has 0 bridgehead atoms. The first kappa shape index (κ1) is 12.7. The van der Waals surface area contributed by atoms with Crippen molar-refractivity contribution in [2.75, 3.05) is 21.3 Å². The van der Waals surface area contributed by atoms with Gasteiger partial charge in [-0.05, 0) is 24.3 Å². The molecule has 0 aromatic heterocycles. The van der Waals surface area contributed by atoms with Crippen LogP contribution >= 0.6 is 0 Å². The van der Waals surface area contributed by atoms with Gasteiger partial charge in [-0.1, -0.05) is 0 Å². The van der Waals surface area contributed by atoms with Gasteiger partial charge in [-0.3, -0.25) is 4.79 Å². The Morgan fingerprint density at radius 1 is 1.12 bits per heavy atom. The highest BCUT2D eigenvalue weighted by molar-refractivity contribution is 5.96. The third kappa shape index (κ3) is 3.32. The van der Waals surface area contributed by atoms with Crippen LogP contribution in [-0.4, -0.2) is 33.4 Å². The van der Waals surface area contributed by atoms with Gasteiger partial charge in [0.2, 0.25) is 0 Å². The Balaban J connectivity index is 2.65. The smallest absolute Gasteiger partial charge is 0.167 e. The SMILES string of the molecule is COc1ccc(C(=O)CC(OC)OC)cc1. The Bertz CT molecular complexity index is 327. The normalized spacial score (nSPS) is 10.5. The summed E-state index contributed by atoms with van der Waals surface area (Å²) in [5.74, 6) is 0.711. The van der Waals surface area contributed by atoms with Crippen molar-refractivity contribution >= 4 is 5.78 Å². The van der Waals surface area contributed by atoms with Gasteiger partial charge in [-0.2, -0.15) is 0 Å². The first-order chi connectivity index (χ1) is 7.71. The highest BCUT2D eigenvalue weighted by atomic mass is 16.7. The first-order valence-electron chi connectivity index (χ1n) is 4.94. The Morgan fingerprint density at radius 2 is 1.69 bits per heavy atom. The predicted molar refractivity (Wildman–Crippen MR) is 59.7 cm³/mol. The van der Waals surface area contributed by atoms with Gasteiger partial charge in [0, 0.05) is 19.8 Å². The molecule has 0 amide bonds. The minimum absolute atomic E-state index is 0.0173. The highest BCUT2D eigenvalue weighted by Crippen LogP contribution is 2.14. The fourth-order valence-electron chi connectivity index (χ4n) is 1.31. The number of ether oxygens (including phenoxy) is 3. The lowest BCUT2D eigenvalue weighted by atomic mass is 10.1. The van der Waals surface area contributed by atoms with Crippen molar-refractivity contribution in [2.24, 2.45) is 0 Å². The van der Waals surface area contributed by atoms with E-state index < -0.39 is 6.29 Å². The monoisotopic (exact) mass is 224 g/mol. The Kier molecular flexibility index (Phi) is 4.95. The second-order valence-corrected chi connectivity index (χ2v) is 3.26. The standard InChI is InChI=1S/C12H16O4/c1-14-10-6-4-9(5-7-10)11(13)8-12(15-2)16-3/h4-7,12H,8H2,1-3H3. The lowest BCUT2D eigenvalue weighted by Gasteiger charge is -2.12. The molecule has 0 N–H and O–H groups in total. The molecule has 0 aliphatic rings. The molecule has 88 valence electrons. The summed E-state index contributed by atoms with van der Waals surface area (Å²) in [6.07, 6.45) is -0.283. The zero-order valence-corrected chi connectivity index (χ0v) is 9.73. The summed E-state index contributed by atoms with van der Waals surface area (Å²) < 4.78 is 14.9. The maximum Gasteiger partial charge on any atom is 0.167 e. The third-order valence-electron chi connectivity index (χ3n) is 2.29. The summed E-state index contributed by atoms with van der Waals surface area (Å²) in [5, 5.41) is 0. The molecule has 0 fully saturated rings. The van der Waals surface area contributed by atoms with Crippen molar-refractivity contribution in [1.29, 1.82) is 0 Å². The van der Waals surface area contributed by atoms with E-state index in [9.17, 15) is 4.79 Å². The summed E-state index contributed by atoms with van der Waals surface area (Å²) in [4.78, 5) is 11.8. The molecule has 1 rings (SSSR count). The number of carbonyl (C=O) groups excluding carboxylic acids is 1. The highest BCUT2D eigenvalue weighted by Gasteiger charge is 2.13. The largest absolute Gasteiger partial charge is 0.497 e. The van der Waals surface area contributed by atoms with Gasteiger partial charge >= 0.3 is 0 Å². The van der Waals surface area contributed by atoms with Crippen molar-refractivity contribution in [1.82, 2.24) is 0 Å². The molecule has 1 aromatic carbocycles. The summed E-state index contributed by atoms with van der Waals surface area (Å²) in [7, 11) is 4.60. The van der Waals surface area contributed by atoms with E-state index in [4.69, 9.17) is 14.2 Å². The molecule has 4 nitrogen and oxygen atoms in total. The molecule has 1 aromatic rings. The topological polar surface area (TPSA) is 44.8 Å². The zero-order chi connectivity index (χ0) is 12.0. The molecule has 0 spiro atoms. The van der Waals surface area contributed by atoms with E-state index in [2.05, 4.69) is 0 Å². The first-order valence-corrected chi connectivity index (χ1v) is 4.94. The summed E-state index contributed by atoms with van der Waals surface area (Å²) >= 11 is 0. The van der Waals surface area contributed by atoms with E-state index in [1.807, 2.05) is 0 Å². The quantitative estimate of drug-likeness (QED) is 0.546. The molecule has 4 heteroatoms. The fourth-order valence-corrected chi connectivity index (χ4v) is 1.31. The van der Waals surface area contributed by atoms with Crippen LogP contribution in [0.3, 0.4) is 0 Å². The second-order valence-electron chi connectivity index (χ2n) is 3.26. The predicted octanol–water partition coefficient (Wildman–Crippen LogP) is 1.89. The summed E-state index contributed by atoms with van der Waals surface area (Å²) in [6.45, 7) is 0. The van der Waals surface area contributed by atoms with Crippen LogP contribution in [0.15, 0.2) is 24.3 Å². The molecular formula is C12H16O4. The number of Topliss-reactive ketones (excluding diaryl/α,β-unsaturated/α-hetero) is 1. The van der Waals surface area contributed by atoms with E-state index >= 15 is 0 Å². The van der Waals surface area contributed by atoms with Gasteiger partial charge in [-0.25, -0.2) is 0 Å². The molecule has 0 unspecified atom stereocenters. The number of hydrogen-bond acceptors (Lipinski definition) is 4. The number of hydrogen-bond donors (Lipinski definition) is 0. The minimum Gasteiger partial charge on any atom is -0.497 e. The molecule has 0 atom stereocenters. The Morgan fingerprint density at radius 3 is 2.12 bits per heavy atom. The van der Waals surface area contributed by atoms with E-state index in [-0.39, 0.29) is 12.2 Å². The molecule has 0 heterocycles. The van der Waals surface area contributed by atoms with Crippen molar-refractivity contribution in [2.45, 2.75) is 12.7 Å². The van der Waals surface area contributed by atoms with Gasteiger partial charge in [0.05, 0.1) is 13.5 Å². The number of ketones is 1. The van der Waals surface area contributed by atoms with Crippen LogP contribution in [0.2, 0.25) is 0 Å². The maximum atomic E-state index is 11.8. The van der Waals surface area contributed by atoms with Gasteiger partial charge in [0.1, 0.15) is 5.75 Å². The number of methoxy groups -OCH3 is 3. The number of rotatable bonds is 6. The van der Waals surface area contributed by atoms with Crippen LogP contribution in [-0.2, 0) is 9.47 Å². The average Bonchev–Trinajstić information content (AvgIpc) is 2.35. The summed E-state index contributed by atoms with van der Waals surface area (Å²) in [5.41, 5.74) is 0.625. The van der Waals surface area contributed by atoms with Crippen molar-refractivity contribution in [3.63, 3.8) is 0 Å². The molecule has 0 aliphatic heterocycles. The molecule has 0 aliphatic carbocycles. The van der Waals surface area contributed by atoms with Gasteiger partial charge in [0.15, 0.2) is 12.1 Å². The average molecular weight is 224 g/mol. The molecule has 0 saturated heterocycles. The zero-order valence-electron chi connectivity index (χ0n) is 9.73. The molecule has 16 heavy (non-hydrogen) atoms. The lowest BCUT2D eigenvalue weighted by molar-refractivity contribution is -0.0993. The van der Waals surface area contributed by atoms with Crippen LogP contribution in [0.1, 0.15) is 16.8 Å². The molecule has 0 radical (unpaired) electrons. The van der Waals surface area contributed by atoms with Crippen LogP contribution in [0.5, 0.6) is 5.75 Å². The van der Waals surface area contributed by atoms with E-state index in [1.54, 1.807) is 31.4 Å². The van der Waals surface area contributed by atoms with Crippen LogP contribution in [0.4, 0.5) is 0 Å². The van der Waals surface area contributed by atoms with Gasteiger partial charge < -0.3 is 14.2 Å². The minimum atomic E-state index is -0.491. The van der Waals surface area contributed by atoms with Crippen molar-refractivity contribution < 1.29 is 19.0 Å². The summed E-state index contributed by atoms with van der Waals surface area (Å²) in [6, 6.07) is 6.96. The van der Waals surface area contributed by atoms with Crippen LogP contribution in [0.25, 0.3) is 0 Å². The second kappa shape index (κ2) is 6.25. The fraction of sp³-hybridized carbons (Fsp3) is 0.417. The van der Waals surface area contributed by atoms with Crippen LogP contribution in [0, 0.1) is 0 Å². The Hall–Kier alpha value is -1.39. The molecular weight excluding hydrogens is 208 g/mol. The number of benzene rings is 1. The van der Waals surface area contributed by atoms with Crippen LogP contribution < -0.4 is 4.74 Å². The van der Waals surface area contributed by atoms with E-state index in [1.165, 1.54) is 14.2 Å². The van der Waals surface area contributed by atoms with Crippen molar-refractivity contribution in [3.8, 4) is 5.75 Å². The van der Waals surface area contributed by atoms with E-state index in [0.717, 1.165) is 5.75 Å². The van der Waals surface area contributed by atoms with Crippen molar-refractivity contribution in [3.05, 3.63) is 29.8 Å². The molecule has 0 saturated carbocycles. The Labute approximate surface area is 95.1 Å². The number of carbonyl (C=O) groups is 1. The maximum absolute atomic E-state index is 11.8. The third-order valence-corrected chi connectivity index (χ3v) is 2.29. The van der Waals surface area contributed by atoms with Gasteiger partial charge in [-0.15, -0.1) is 0 Å². The van der Waals surface area contributed by atoms with Gasteiger partial charge in [0.25, 0.3) is 0 Å².